The molecule has 0 radical (unpaired) electrons. The van der Waals surface area contributed by atoms with E-state index in [0.717, 1.165) is 17.3 Å². The van der Waals surface area contributed by atoms with Crippen molar-refractivity contribution in [3.8, 4) is 5.69 Å². The Labute approximate surface area is 201 Å². The van der Waals surface area contributed by atoms with Gasteiger partial charge in [-0.2, -0.15) is 0 Å². The minimum atomic E-state index is -0.316. The molecule has 0 fully saturated rings. The molecule has 158 valence electrons. The molecule has 4 aromatic carbocycles. The van der Waals surface area contributed by atoms with Crippen molar-refractivity contribution in [2.75, 3.05) is 0 Å². The van der Waals surface area contributed by atoms with Gasteiger partial charge in [0.1, 0.15) is 0 Å². The van der Waals surface area contributed by atoms with Crippen molar-refractivity contribution in [1.29, 1.82) is 0 Å². The number of para-hydroxylation sites is 2. The highest BCUT2D eigenvalue weighted by atomic mass is 79.9. The van der Waals surface area contributed by atoms with Crippen LogP contribution in [0.25, 0.3) is 27.5 Å². The number of aromatic nitrogens is 1. The van der Waals surface area contributed by atoms with Gasteiger partial charge in [-0.25, -0.2) is 0 Å². The number of allylic oxidation sites excluding steroid dienone is 4. The fourth-order valence-corrected chi connectivity index (χ4v) is 6.53. The molecule has 0 spiro atoms. The Morgan fingerprint density at radius 2 is 1.58 bits per heavy atom. The van der Waals surface area contributed by atoms with Crippen molar-refractivity contribution >= 4 is 37.7 Å². The van der Waals surface area contributed by atoms with Crippen LogP contribution in [0.2, 0.25) is 0 Å². The fraction of sp³-hybridized carbons (Fsp3) is 0.0968. The lowest BCUT2D eigenvalue weighted by atomic mass is 9.61. The van der Waals surface area contributed by atoms with Crippen LogP contribution in [0, 0.1) is 0 Å². The van der Waals surface area contributed by atoms with Gasteiger partial charge in [0.2, 0.25) is 0 Å². The van der Waals surface area contributed by atoms with E-state index in [9.17, 15) is 0 Å². The molecule has 0 saturated heterocycles. The van der Waals surface area contributed by atoms with Gasteiger partial charge in [0, 0.05) is 15.2 Å². The lowest BCUT2D eigenvalue weighted by molar-refractivity contribution is 0.666. The third-order valence-corrected chi connectivity index (χ3v) is 7.90. The minimum Gasteiger partial charge on any atom is -0.309 e. The van der Waals surface area contributed by atoms with E-state index in [2.05, 4.69) is 130 Å². The van der Waals surface area contributed by atoms with E-state index in [1.807, 2.05) is 0 Å². The first-order valence-corrected chi connectivity index (χ1v) is 12.3. The number of nitrogens with zero attached hydrogens (tertiary/aromatic N) is 1. The lowest BCUT2D eigenvalue weighted by Crippen LogP contribution is -2.36. The van der Waals surface area contributed by atoms with Gasteiger partial charge in [0.15, 0.2) is 0 Å². The molecule has 0 bridgehead atoms. The summed E-state index contributed by atoms with van der Waals surface area (Å²) in [7, 11) is 0. The Kier molecular flexibility index (Phi) is 4.10. The van der Waals surface area contributed by atoms with E-state index in [1.165, 1.54) is 49.8 Å². The van der Waals surface area contributed by atoms with Crippen molar-refractivity contribution in [1.82, 2.24) is 4.57 Å². The third kappa shape index (κ3) is 2.47. The second kappa shape index (κ2) is 7.07. The Bertz CT molecular complexity index is 1620. The summed E-state index contributed by atoms with van der Waals surface area (Å²) in [5, 5.41) is 2.60. The highest BCUT2D eigenvalue weighted by Gasteiger charge is 2.46. The van der Waals surface area contributed by atoms with Gasteiger partial charge >= 0.3 is 0 Å². The van der Waals surface area contributed by atoms with Crippen molar-refractivity contribution < 1.29 is 0 Å². The monoisotopic (exact) mass is 487 g/mol. The average Bonchev–Trinajstić information content (AvgIpc) is 3.21. The predicted molar refractivity (Wildman–Crippen MR) is 141 cm³/mol. The summed E-state index contributed by atoms with van der Waals surface area (Å²) >= 11 is 3.71. The molecule has 2 heterocycles. The van der Waals surface area contributed by atoms with Crippen LogP contribution in [0.1, 0.15) is 29.5 Å². The van der Waals surface area contributed by atoms with Crippen LogP contribution < -0.4 is 0 Å². The number of halogens is 1. The van der Waals surface area contributed by atoms with Crippen molar-refractivity contribution in [2.24, 2.45) is 0 Å². The molecule has 0 saturated carbocycles. The largest absolute Gasteiger partial charge is 0.309 e. The zero-order chi connectivity index (χ0) is 22.0. The molecule has 33 heavy (non-hydrogen) atoms. The van der Waals surface area contributed by atoms with Crippen molar-refractivity contribution in [2.45, 2.75) is 18.3 Å². The molecule has 0 amide bonds. The van der Waals surface area contributed by atoms with Crippen LogP contribution in [0.3, 0.4) is 0 Å². The summed E-state index contributed by atoms with van der Waals surface area (Å²) in [6.45, 7) is 0. The molecule has 0 N–H and O–H groups in total. The lowest BCUT2D eigenvalue weighted by Gasteiger charge is -2.43. The van der Waals surface area contributed by atoms with E-state index < -0.39 is 0 Å². The zero-order valence-corrected chi connectivity index (χ0v) is 19.7. The highest BCUT2D eigenvalue weighted by molar-refractivity contribution is 9.10. The molecule has 2 heteroatoms. The van der Waals surface area contributed by atoms with Gasteiger partial charge in [-0.05, 0) is 53.8 Å². The van der Waals surface area contributed by atoms with Crippen molar-refractivity contribution in [3.63, 3.8) is 0 Å². The SMILES string of the molecule is Brc1ccc2c(c1)c1cccc3c1n2-c1ccccc1C3(C1=CC=CCC1)c1ccccc1. The molecule has 1 aliphatic heterocycles. The van der Waals surface area contributed by atoms with Crippen LogP contribution in [0.4, 0.5) is 0 Å². The first-order chi connectivity index (χ1) is 16.3. The molecular formula is C31H22BrN. The van der Waals surface area contributed by atoms with Gasteiger partial charge in [-0.1, -0.05) is 106 Å². The summed E-state index contributed by atoms with van der Waals surface area (Å²) in [4.78, 5) is 0. The molecule has 1 unspecified atom stereocenters. The molecule has 2 aliphatic rings. The number of fused-ring (bicyclic) bond motifs is 5. The summed E-state index contributed by atoms with van der Waals surface area (Å²) in [6.07, 6.45) is 9.02. The van der Waals surface area contributed by atoms with Gasteiger partial charge in [-0.3, -0.25) is 0 Å². The van der Waals surface area contributed by atoms with Gasteiger partial charge < -0.3 is 4.57 Å². The maximum Gasteiger partial charge on any atom is 0.0705 e. The molecule has 1 nitrogen and oxygen atoms in total. The maximum absolute atomic E-state index is 3.71. The van der Waals surface area contributed by atoms with Crippen LogP contribution in [-0.4, -0.2) is 4.57 Å². The van der Waals surface area contributed by atoms with Gasteiger partial charge in [0.05, 0.1) is 22.1 Å². The molecular weight excluding hydrogens is 466 g/mol. The van der Waals surface area contributed by atoms with Crippen LogP contribution in [0.15, 0.2) is 119 Å². The smallest absolute Gasteiger partial charge is 0.0705 e. The number of hydrogen-bond acceptors (Lipinski definition) is 0. The first-order valence-electron chi connectivity index (χ1n) is 11.5. The van der Waals surface area contributed by atoms with Crippen LogP contribution >= 0.6 is 15.9 Å². The van der Waals surface area contributed by atoms with Gasteiger partial charge in [0.25, 0.3) is 0 Å². The van der Waals surface area contributed by atoms with Crippen LogP contribution in [0.5, 0.6) is 0 Å². The maximum atomic E-state index is 3.71. The summed E-state index contributed by atoms with van der Waals surface area (Å²) in [6, 6.07) is 33.7. The van der Waals surface area contributed by atoms with E-state index in [-0.39, 0.29) is 5.41 Å². The highest BCUT2D eigenvalue weighted by Crippen LogP contribution is 2.55. The third-order valence-electron chi connectivity index (χ3n) is 7.40. The molecule has 1 atom stereocenters. The Morgan fingerprint density at radius 1 is 0.758 bits per heavy atom. The second-order valence-electron chi connectivity index (χ2n) is 8.99. The van der Waals surface area contributed by atoms with E-state index in [1.54, 1.807) is 0 Å². The number of rotatable bonds is 2. The van der Waals surface area contributed by atoms with Crippen molar-refractivity contribution in [3.05, 3.63) is 136 Å². The number of benzene rings is 4. The number of hydrogen-bond donors (Lipinski definition) is 0. The van der Waals surface area contributed by atoms with E-state index >= 15 is 0 Å². The summed E-state index contributed by atoms with van der Waals surface area (Å²) in [5.41, 5.74) is 9.08. The second-order valence-corrected chi connectivity index (χ2v) is 9.91. The molecule has 1 aliphatic carbocycles. The van der Waals surface area contributed by atoms with E-state index in [4.69, 9.17) is 0 Å². The topological polar surface area (TPSA) is 4.93 Å². The molecule has 7 rings (SSSR count). The predicted octanol–water partition coefficient (Wildman–Crippen LogP) is 8.47. The van der Waals surface area contributed by atoms with Gasteiger partial charge in [-0.15, -0.1) is 0 Å². The quantitative estimate of drug-likeness (QED) is 0.235. The molecule has 5 aromatic rings. The normalized spacial score (nSPS) is 19.0. The standard InChI is InChI=1S/C31H22BrN/c32-23-18-19-28-25(20-23)24-14-9-16-27-30(24)33(28)29-17-8-7-15-26(29)31(27,21-10-3-1-4-11-21)22-12-5-2-6-13-22/h1-5,7-12,14-20H,6,13H2. The Morgan fingerprint density at radius 3 is 2.42 bits per heavy atom. The Hall–Kier alpha value is -3.36. The average molecular weight is 488 g/mol. The molecule has 1 aromatic heterocycles. The van der Waals surface area contributed by atoms with Crippen LogP contribution in [-0.2, 0) is 5.41 Å². The fourth-order valence-electron chi connectivity index (χ4n) is 6.17. The van der Waals surface area contributed by atoms with E-state index in [0.29, 0.717) is 0 Å². The first kappa shape index (κ1) is 19.1. The summed E-state index contributed by atoms with van der Waals surface area (Å²) < 4.78 is 3.60. The zero-order valence-electron chi connectivity index (χ0n) is 18.1. The summed E-state index contributed by atoms with van der Waals surface area (Å²) in [5.74, 6) is 0. The Balaban J connectivity index is 1.76. The minimum absolute atomic E-state index is 0.316.